The largest absolute Gasteiger partial charge is 0.341 e. The summed E-state index contributed by atoms with van der Waals surface area (Å²) in [4.78, 5) is 12.0. The van der Waals surface area contributed by atoms with Crippen LogP contribution in [0.25, 0.3) is 22.2 Å². The highest BCUT2D eigenvalue weighted by molar-refractivity contribution is 5.84. The van der Waals surface area contributed by atoms with E-state index in [0.717, 1.165) is 48.5 Å². The number of hydrogen-bond acceptors (Lipinski definition) is 4. The first kappa shape index (κ1) is 12.1. The average molecular weight is 291 g/mol. The van der Waals surface area contributed by atoms with Crippen LogP contribution in [0.1, 0.15) is 24.1 Å². The van der Waals surface area contributed by atoms with Crippen molar-refractivity contribution < 1.29 is 0 Å². The van der Waals surface area contributed by atoms with Crippen LogP contribution in [-0.2, 0) is 12.8 Å². The van der Waals surface area contributed by atoms with Gasteiger partial charge in [-0.25, -0.2) is 9.97 Å². The topological polar surface area (TPSA) is 57.7 Å². The van der Waals surface area contributed by atoms with Crippen LogP contribution >= 0.6 is 0 Å². The van der Waals surface area contributed by atoms with Crippen LogP contribution in [-0.4, -0.2) is 33.3 Å². The third-order valence-electron chi connectivity index (χ3n) is 4.78. The summed E-state index contributed by atoms with van der Waals surface area (Å²) in [6.45, 7) is 2.16. The molecule has 1 aromatic carbocycles. The third kappa shape index (κ3) is 1.75. The van der Waals surface area contributed by atoms with Gasteiger partial charge in [-0.1, -0.05) is 12.1 Å². The van der Waals surface area contributed by atoms with Crippen LogP contribution in [0.2, 0.25) is 0 Å². The Kier molecular flexibility index (Phi) is 2.50. The molecule has 0 amide bonds. The fraction of sp³-hybridized carbons (Fsp3) is 0.353. The number of anilines is 1. The fourth-order valence-electron chi connectivity index (χ4n) is 3.40. The lowest BCUT2D eigenvalue weighted by atomic mass is 10.0. The van der Waals surface area contributed by atoms with E-state index in [1.54, 1.807) is 0 Å². The molecule has 5 heteroatoms. The smallest absolute Gasteiger partial charge is 0.226 e. The zero-order chi connectivity index (χ0) is 14.5. The molecule has 1 aliphatic carbocycles. The lowest BCUT2D eigenvalue weighted by Gasteiger charge is -2.31. The number of aromatic amines is 1. The average Bonchev–Trinajstić information content (AvgIpc) is 3.12. The van der Waals surface area contributed by atoms with Crippen molar-refractivity contribution in [2.24, 2.45) is 0 Å². The Hall–Kier alpha value is -2.43. The summed E-state index contributed by atoms with van der Waals surface area (Å²) in [6.07, 6.45) is 6.46. The monoisotopic (exact) mass is 291 g/mol. The summed E-state index contributed by atoms with van der Waals surface area (Å²) in [5.41, 5.74) is 5.92. The summed E-state index contributed by atoms with van der Waals surface area (Å²) in [5.74, 6) is 0.909. The van der Waals surface area contributed by atoms with E-state index in [1.165, 1.54) is 29.7 Å². The lowest BCUT2D eigenvalue weighted by molar-refractivity contribution is 0.599. The molecule has 3 aromatic rings. The molecule has 1 aliphatic heterocycles. The Morgan fingerprint density at radius 1 is 1.05 bits per heavy atom. The molecule has 0 radical (unpaired) electrons. The predicted molar refractivity (Wildman–Crippen MR) is 86.0 cm³/mol. The van der Waals surface area contributed by atoms with E-state index in [2.05, 4.69) is 33.3 Å². The number of hydrogen-bond donors (Lipinski definition) is 1. The Morgan fingerprint density at radius 3 is 2.86 bits per heavy atom. The van der Waals surface area contributed by atoms with Crippen LogP contribution in [0.15, 0.2) is 24.4 Å². The van der Waals surface area contributed by atoms with Crippen LogP contribution in [0.5, 0.6) is 0 Å². The summed E-state index contributed by atoms with van der Waals surface area (Å²) in [7, 11) is 0. The molecule has 1 fully saturated rings. The van der Waals surface area contributed by atoms with Crippen molar-refractivity contribution in [2.45, 2.75) is 25.7 Å². The highest BCUT2D eigenvalue weighted by atomic mass is 15.3. The van der Waals surface area contributed by atoms with Gasteiger partial charge in [-0.15, -0.1) is 0 Å². The zero-order valence-electron chi connectivity index (χ0n) is 12.3. The van der Waals surface area contributed by atoms with Gasteiger partial charge in [0.15, 0.2) is 0 Å². The highest BCUT2D eigenvalue weighted by Crippen LogP contribution is 2.33. The molecule has 5 rings (SSSR count). The van der Waals surface area contributed by atoms with E-state index in [0.29, 0.717) is 0 Å². The van der Waals surface area contributed by atoms with E-state index >= 15 is 0 Å². The van der Waals surface area contributed by atoms with E-state index in [-0.39, 0.29) is 0 Å². The molecule has 3 heterocycles. The number of H-pyrrole nitrogens is 1. The third-order valence-corrected chi connectivity index (χ3v) is 4.78. The molecule has 0 atom stereocenters. The number of fused-ring (bicyclic) bond motifs is 2. The molecule has 0 bridgehead atoms. The van der Waals surface area contributed by atoms with Crippen LogP contribution in [0.3, 0.4) is 0 Å². The Balaban J connectivity index is 1.70. The summed E-state index contributed by atoms with van der Waals surface area (Å²) in [6, 6.07) is 6.42. The second-order valence-electron chi connectivity index (χ2n) is 6.16. The van der Waals surface area contributed by atoms with Gasteiger partial charge < -0.3 is 4.90 Å². The van der Waals surface area contributed by atoms with Crippen molar-refractivity contribution in [1.29, 1.82) is 0 Å². The maximum absolute atomic E-state index is 4.91. The molecule has 1 N–H and O–H groups in total. The van der Waals surface area contributed by atoms with Gasteiger partial charge in [0.05, 0.1) is 17.4 Å². The van der Waals surface area contributed by atoms with Crippen LogP contribution < -0.4 is 4.90 Å². The molecule has 2 aliphatic rings. The van der Waals surface area contributed by atoms with Crippen molar-refractivity contribution in [3.05, 3.63) is 35.7 Å². The van der Waals surface area contributed by atoms with Crippen molar-refractivity contribution in [1.82, 2.24) is 20.2 Å². The normalized spacial score (nSPS) is 16.8. The first-order chi connectivity index (χ1) is 10.9. The molecule has 0 unspecified atom stereocenters. The molecule has 110 valence electrons. The number of aryl methyl sites for hydroxylation is 1. The number of benzene rings is 1. The second kappa shape index (κ2) is 4.53. The summed E-state index contributed by atoms with van der Waals surface area (Å²) < 4.78 is 0. The van der Waals surface area contributed by atoms with Crippen molar-refractivity contribution in [3.8, 4) is 11.3 Å². The van der Waals surface area contributed by atoms with Gasteiger partial charge in [-0.05, 0) is 31.7 Å². The first-order valence-electron chi connectivity index (χ1n) is 7.97. The molecular weight excluding hydrogens is 274 g/mol. The second-order valence-corrected chi connectivity index (χ2v) is 6.16. The minimum absolute atomic E-state index is 0.909. The van der Waals surface area contributed by atoms with Crippen LogP contribution in [0, 0.1) is 0 Å². The SMILES string of the molecule is c1cc2cn[nH]c2cc1-c1nc(N2CCC2)nc2c1CCC2. The molecule has 0 spiro atoms. The van der Waals surface area contributed by atoms with E-state index in [1.807, 2.05) is 6.20 Å². The van der Waals surface area contributed by atoms with Crippen LogP contribution in [0.4, 0.5) is 5.95 Å². The van der Waals surface area contributed by atoms with E-state index in [9.17, 15) is 0 Å². The minimum Gasteiger partial charge on any atom is -0.341 e. The summed E-state index contributed by atoms with van der Waals surface area (Å²) >= 11 is 0. The number of rotatable bonds is 2. The lowest BCUT2D eigenvalue weighted by Crippen LogP contribution is -2.38. The number of nitrogens with one attached hydrogen (secondary N) is 1. The number of aromatic nitrogens is 4. The van der Waals surface area contributed by atoms with Gasteiger partial charge in [0.25, 0.3) is 0 Å². The van der Waals surface area contributed by atoms with Gasteiger partial charge in [0, 0.05) is 35.3 Å². The van der Waals surface area contributed by atoms with Gasteiger partial charge >= 0.3 is 0 Å². The molecule has 1 saturated heterocycles. The van der Waals surface area contributed by atoms with Gasteiger partial charge in [-0.3, -0.25) is 5.10 Å². The Morgan fingerprint density at radius 2 is 2.00 bits per heavy atom. The Bertz CT molecular complexity index is 863. The summed E-state index contributed by atoms with van der Waals surface area (Å²) in [5, 5.41) is 8.30. The van der Waals surface area contributed by atoms with Crippen molar-refractivity contribution >= 4 is 16.9 Å². The number of nitrogens with zero attached hydrogens (tertiary/aromatic N) is 4. The predicted octanol–water partition coefficient (Wildman–Crippen LogP) is 2.72. The van der Waals surface area contributed by atoms with E-state index < -0.39 is 0 Å². The van der Waals surface area contributed by atoms with Gasteiger partial charge in [0.1, 0.15) is 0 Å². The molecule has 2 aromatic heterocycles. The zero-order valence-corrected chi connectivity index (χ0v) is 12.3. The maximum atomic E-state index is 4.91. The quantitative estimate of drug-likeness (QED) is 0.788. The van der Waals surface area contributed by atoms with E-state index in [4.69, 9.17) is 9.97 Å². The Labute approximate surface area is 128 Å². The highest BCUT2D eigenvalue weighted by Gasteiger charge is 2.24. The molecule has 22 heavy (non-hydrogen) atoms. The molecule has 5 nitrogen and oxygen atoms in total. The van der Waals surface area contributed by atoms with Crippen molar-refractivity contribution in [3.63, 3.8) is 0 Å². The molecular formula is C17H17N5. The maximum Gasteiger partial charge on any atom is 0.226 e. The standard InChI is InChI=1S/C17H17N5/c1-3-13-14(4-1)19-17(22-7-2-8-22)20-16(13)11-5-6-12-10-18-21-15(12)9-11/h5-6,9-10H,1-4,7-8H2,(H,18,21). The first-order valence-corrected chi connectivity index (χ1v) is 7.97. The minimum atomic E-state index is 0.909. The van der Waals surface area contributed by atoms with Gasteiger partial charge in [0.2, 0.25) is 5.95 Å². The van der Waals surface area contributed by atoms with Gasteiger partial charge in [-0.2, -0.15) is 5.10 Å². The van der Waals surface area contributed by atoms with Crippen molar-refractivity contribution in [2.75, 3.05) is 18.0 Å². The molecule has 0 saturated carbocycles. The fourth-order valence-corrected chi connectivity index (χ4v) is 3.40.